The first-order valence-electron chi connectivity index (χ1n) is 6.33. The van der Waals surface area contributed by atoms with Crippen LogP contribution in [0.3, 0.4) is 0 Å². The minimum Gasteiger partial charge on any atom is -0.478 e. The summed E-state index contributed by atoms with van der Waals surface area (Å²) in [5.74, 6) is -1.39. The molecule has 1 aromatic rings. The zero-order valence-corrected chi connectivity index (χ0v) is 11.6. The van der Waals surface area contributed by atoms with E-state index in [2.05, 4.69) is 18.7 Å². The lowest BCUT2D eigenvalue weighted by Crippen LogP contribution is -2.27. The molecule has 0 aromatic heterocycles. The number of carboxylic acid groups (broad SMARTS) is 1. The van der Waals surface area contributed by atoms with Crippen LogP contribution in [0, 0.1) is 5.82 Å². The maximum absolute atomic E-state index is 13.5. The third kappa shape index (κ3) is 5.22. The van der Waals surface area contributed by atoms with Crippen LogP contribution in [0.1, 0.15) is 31.4 Å². The van der Waals surface area contributed by atoms with Gasteiger partial charge in [0.25, 0.3) is 0 Å². The number of carboxylic acids is 1. The Morgan fingerprint density at radius 1 is 1.47 bits per heavy atom. The Labute approximate surface area is 113 Å². The lowest BCUT2D eigenvalue weighted by molar-refractivity contribution is -0.131. The summed E-state index contributed by atoms with van der Waals surface area (Å²) in [6.07, 6.45) is 3.44. The number of hydrogen-bond donors (Lipinski definition) is 1. The third-order valence-corrected chi connectivity index (χ3v) is 3.17. The van der Waals surface area contributed by atoms with E-state index in [4.69, 9.17) is 5.11 Å². The Bertz CT molecular complexity index is 471. The average molecular weight is 265 g/mol. The second-order valence-electron chi connectivity index (χ2n) is 4.74. The molecule has 1 unspecified atom stereocenters. The van der Waals surface area contributed by atoms with E-state index >= 15 is 0 Å². The summed E-state index contributed by atoms with van der Waals surface area (Å²) in [6, 6.07) is 5.03. The maximum Gasteiger partial charge on any atom is 0.328 e. The van der Waals surface area contributed by atoms with E-state index in [0.29, 0.717) is 18.2 Å². The fourth-order valence-corrected chi connectivity index (χ4v) is 1.79. The van der Waals surface area contributed by atoms with Crippen molar-refractivity contribution < 1.29 is 14.3 Å². The summed E-state index contributed by atoms with van der Waals surface area (Å²) < 4.78 is 13.5. The average Bonchev–Trinajstić information content (AvgIpc) is 2.34. The van der Waals surface area contributed by atoms with Crippen molar-refractivity contribution in [3.8, 4) is 0 Å². The van der Waals surface area contributed by atoms with E-state index < -0.39 is 5.97 Å². The van der Waals surface area contributed by atoms with Crippen LogP contribution in [0.4, 0.5) is 4.39 Å². The maximum atomic E-state index is 13.5. The first-order chi connectivity index (χ1) is 8.92. The zero-order chi connectivity index (χ0) is 14.4. The Balaban J connectivity index is 2.87. The van der Waals surface area contributed by atoms with Crippen molar-refractivity contribution in [2.75, 3.05) is 7.05 Å². The van der Waals surface area contributed by atoms with Gasteiger partial charge >= 0.3 is 5.97 Å². The Kier molecular flexibility index (Phi) is 5.70. The quantitative estimate of drug-likeness (QED) is 0.803. The highest BCUT2D eigenvalue weighted by atomic mass is 19.1. The Hall–Kier alpha value is -1.68. The molecule has 0 spiro atoms. The number of hydrogen-bond acceptors (Lipinski definition) is 2. The molecule has 1 atom stereocenters. The molecule has 4 heteroatoms. The summed E-state index contributed by atoms with van der Waals surface area (Å²) in [5, 5.41) is 8.57. The molecule has 0 aliphatic carbocycles. The van der Waals surface area contributed by atoms with Gasteiger partial charge in [-0.2, -0.15) is 0 Å². The van der Waals surface area contributed by atoms with Gasteiger partial charge in [-0.1, -0.05) is 13.0 Å². The molecular weight excluding hydrogens is 245 g/mol. The van der Waals surface area contributed by atoms with Crippen molar-refractivity contribution in [1.29, 1.82) is 0 Å². The van der Waals surface area contributed by atoms with Crippen molar-refractivity contribution >= 4 is 12.0 Å². The van der Waals surface area contributed by atoms with Crippen LogP contribution in [0.25, 0.3) is 6.08 Å². The fourth-order valence-electron chi connectivity index (χ4n) is 1.79. The fraction of sp³-hybridized carbons (Fsp3) is 0.400. The molecule has 0 saturated carbocycles. The minimum atomic E-state index is -1.04. The van der Waals surface area contributed by atoms with Crippen molar-refractivity contribution in [3.63, 3.8) is 0 Å². The van der Waals surface area contributed by atoms with Crippen LogP contribution < -0.4 is 0 Å². The van der Waals surface area contributed by atoms with E-state index in [9.17, 15) is 9.18 Å². The second kappa shape index (κ2) is 7.04. The number of aliphatic carboxylic acids is 1. The van der Waals surface area contributed by atoms with Gasteiger partial charge in [0.2, 0.25) is 0 Å². The first-order valence-corrected chi connectivity index (χ1v) is 6.33. The normalized spacial score (nSPS) is 13.1. The van der Waals surface area contributed by atoms with Gasteiger partial charge in [-0.15, -0.1) is 0 Å². The summed E-state index contributed by atoms with van der Waals surface area (Å²) in [7, 11) is 1.99. The molecular formula is C15H20FNO2. The van der Waals surface area contributed by atoms with Crippen molar-refractivity contribution in [3.05, 3.63) is 41.2 Å². The highest BCUT2D eigenvalue weighted by molar-refractivity contribution is 5.85. The topological polar surface area (TPSA) is 40.5 Å². The smallest absolute Gasteiger partial charge is 0.328 e. The molecule has 0 amide bonds. The highest BCUT2D eigenvalue weighted by Crippen LogP contribution is 2.14. The SMILES string of the molecule is CCC(C)N(C)Cc1cc(F)cc(C=CC(=O)O)c1. The second-order valence-corrected chi connectivity index (χ2v) is 4.74. The molecule has 0 aliphatic heterocycles. The predicted octanol–water partition coefficient (Wildman–Crippen LogP) is 3.15. The number of carbonyl (C=O) groups is 1. The lowest BCUT2D eigenvalue weighted by Gasteiger charge is -2.23. The standard InChI is InChI=1S/C15H20FNO2/c1-4-11(2)17(3)10-13-7-12(5-6-15(18)19)8-14(16)9-13/h5-9,11H,4,10H2,1-3H3,(H,18,19). The lowest BCUT2D eigenvalue weighted by atomic mass is 10.1. The van der Waals surface area contributed by atoms with E-state index in [1.165, 1.54) is 18.2 Å². The van der Waals surface area contributed by atoms with Gasteiger partial charge in [0.15, 0.2) is 0 Å². The molecule has 1 rings (SSSR count). The van der Waals surface area contributed by atoms with Crippen LogP contribution in [0.2, 0.25) is 0 Å². The Morgan fingerprint density at radius 2 is 2.16 bits per heavy atom. The van der Waals surface area contributed by atoms with Crippen molar-refractivity contribution in [2.24, 2.45) is 0 Å². The van der Waals surface area contributed by atoms with E-state index in [-0.39, 0.29) is 5.82 Å². The van der Waals surface area contributed by atoms with Gasteiger partial charge in [-0.25, -0.2) is 9.18 Å². The van der Waals surface area contributed by atoms with E-state index in [1.807, 2.05) is 7.05 Å². The molecule has 0 fully saturated rings. The van der Waals surface area contributed by atoms with E-state index in [0.717, 1.165) is 18.1 Å². The monoisotopic (exact) mass is 265 g/mol. The molecule has 1 N–H and O–H groups in total. The molecule has 1 aromatic carbocycles. The molecule has 19 heavy (non-hydrogen) atoms. The molecule has 0 heterocycles. The van der Waals surface area contributed by atoms with Gasteiger partial charge in [0.1, 0.15) is 5.82 Å². The predicted molar refractivity (Wildman–Crippen MR) is 74.3 cm³/mol. The van der Waals surface area contributed by atoms with E-state index in [1.54, 1.807) is 6.07 Å². The summed E-state index contributed by atoms with van der Waals surface area (Å²) >= 11 is 0. The minimum absolute atomic E-state index is 0.347. The molecule has 3 nitrogen and oxygen atoms in total. The third-order valence-electron chi connectivity index (χ3n) is 3.17. The van der Waals surface area contributed by atoms with Crippen LogP contribution in [0.15, 0.2) is 24.3 Å². The van der Waals surface area contributed by atoms with Crippen molar-refractivity contribution in [2.45, 2.75) is 32.9 Å². The highest BCUT2D eigenvalue weighted by Gasteiger charge is 2.08. The number of halogens is 1. The Morgan fingerprint density at radius 3 is 2.74 bits per heavy atom. The summed E-state index contributed by atoms with van der Waals surface area (Å²) in [4.78, 5) is 12.6. The number of benzene rings is 1. The molecule has 0 aliphatic rings. The van der Waals surface area contributed by atoms with Gasteiger partial charge in [-0.3, -0.25) is 4.90 Å². The van der Waals surface area contributed by atoms with Crippen LogP contribution in [-0.4, -0.2) is 29.1 Å². The molecule has 0 bridgehead atoms. The molecule has 104 valence electrons. The first kappa shape index (κ1) is 15.4. The van der Waals surface area contributed by atoms with Crippen LogP contribution in [0.5, 0.6) is 0 Å². The summed E-state index contributed by atoms with van der Waals surface area (Å²) in [5.41, 5.74) is 1.41. The molecule has 0 radical (unpaired) electrons. The van der Waals surface area contributed by atoms with Crippen LogP contribution in [-0.2, 0) is 11.3 Å². The van der Waals surface area contributed by atoms with Gasteiger partial charge in [0, 0.05) is 18.7 Å². The van der Waals surface area contributed by atoms with Gasteiger partial charge in [-0.05, 0) is 49.7 Å². The number of rotatable bonds is 6. The summed E-state index contributed by atoms with van der Waals surface area (Å²) in [6.45, 7) is 4.86. The van der Waals surface area contributed by atoms with Gasteiger partial charge in [0.05, 0.1) is 0 Å². The van der Waals surface area contributed by atoms with Crippen LogP contribution >= 0.6 is 0 Å². The van der Waals surface area contributed by atoms with Gasteiger partial charge < -0.3 is 5.11 Å². The number of nitrogens with zero attached hydrogens (tertiary/aromatic N) is 1. The zero-order valence-electron chi connectivity index (χ0n) is 11.6. The largest absolute Gasteiger partial charge is 0.478 e. The van der Waals surface area contributed by atoms with Crippen molar-refractivity contribution in [1.82, 2.24) is 4.90 Å². The molecule has 0 saturated heterocycles.